The molecule has 2 heterocycles. The van der Waals surface area contributed by atoms with Crippen molar-refractivity contribution in [3.05, 3.63) is 84.1 Å². The summed E-state index contributed by atoms with van der Waals surface area (Å²) in [5.74, 6) is 0.785. The van der Waals surface area contributed by atoms with Crippen LogP contribution in [0, 0.1) is 6.92 Å². The molecule has 0 saturated carbocycles. The molecular weight excluding hydrogens is 288 g/mol. The molecule has 4 nitrogen and oxygen atoms in total. The summed E-state index contributed by atoms with van der Waals surface area (Å²) in [6.45, 7) is 2.59. The number of carbonyl (C=O) groups is 1. The molecule has 0 saturated heterocycles. The zero-order valence-electron chi connectivity index (χ0n) is 13.1. The van der Waals surface area contributed by atoms with Crippen LogP contribution in [0.4, 0.5) is 0 Å². The summed E-state index contributed by atoms with van der Waals surface area (Å²) >= 11 is 0. The highest BCUT2D eigenvalue weighted by Crippen LogP contribution is 2.22. The molecule has 1 aromatic carbocycles. The maximum Gasteiger partial charge on any atom is 0.222 e. The first-order valence-electron chi connectivity index (χ1n) is 7.70. The Bertz CT molecular complexity index is 694. The maximum absolute atomic E-state index is 12.3. The lowest BCUT2D eigenvalue weighted by atomic mass is 10.1. The van der Waals surface area contributed by atoms with Crippen molar-refractivity contribution in [3.8, 4) is 0 Å². The standard InChI is InChI=1S/C19H20N2O2/c1-15-6-8-16(9-7-15)14-20-19(22)13-17(18-5-4-12-23-18)21-10-2-3-11-21/h2-12,17H,13-14H2,1H3,(H,20,22). The van der Waals surface area contributed by atoms with Crippen molar-refractivity contribution in [1.29, 1.82) is 0 Å². The van der Waals surface area contributed by atoms with Crippen molar-refractivity contribution in [2.75, 3.05) is 0 Å². The molecule has 0 radical (unpaired) electrons. The molecule has 118 valence electrons. The van der Waals surface area contributed by atoms with Crippen LogP contribution in [0.15, 0.2) is 71.6 Å². The van der Waals surface area contributed by atoms with E-state index in [0.29, 0.717) is 13.0 Å². The van der Waals surface area contributed by atoms with Crippen LogP contribution in [0.2, 0.25) is 0 Å². The van der Waals surface area contributed by atoms with Gasteiger partial charge in [0.05, 0.1) is 18.7 Å². The van der Waals surface area contributed by atoms with E-state index in [4.69, 9.17) is 4.42 Å². The zero-order valence-corrected chi connectivity index (χ0v) is 13.1. The van der Waals surface area contributed by atoms with Gasteiger partial charge in [-0.05, 0) is 36.8 Å². The number of aromatic nitrogens is 1. The Morgan fingerprint density at radius 3 is 2.52 bits per heavy atom. The van der Waals surface area contributed by atoms with E-state index >= 15 is 0 Å². The van der Waals surface area contributed by atoms with Crippen LogP contribution in [0.5, 0.6) is 0 Å². The largest absolute Gasteiger partial charge is 0.467 e. The highest BCUT2D eigenvalue weighted by molar-refractivity contribution is 5.76. The molecule has 23 heavy (non-hydrogen) atoms. The van der Waals surface area contributed by atoms with E-state index in [0.717, 1.165) is 11.3 Å². The molecule has 1 atom stereocenters. The highest BCUT2D eigenvalue weighted by atomic mass is 16.3. The first-order valence-corrected chi connectivity index (χ1v) is 7.70. The lowest BCUT2D eigenvalue weighted by Crippen LogP contribution is -2.26. The molecule has 1 N–H and O–H groups in total. The third kappa shape index (κ3) is 3.92. The summed E-state index contributed by atoms with van der Waals surface area (Å²) < 4.78 is 7.49. The van der Waals surface area contributed by atoms with Gasteiger partial charge in [0.25, 0.3) is 0 Å². The fraction of sp³-hybridized carbons (Fsp3) is 0.211. The Morgan fingerprint density at radius 1 is 1.13 bits per heavy atom. The van der Waals surface area contributed by atoms with Crippen LogP contribution in [-0.2, 0) is 11.3 Å². The number of hydrogen-bond donors (Lipinski definition) is 1. The molecule has 1 unspecified atom stereocenters. The number of aryl methyl sites for hydroxylation is 1. The number of hydrogen-bond acceptors (Lipinski definition) is 2. The summed E-state index contributed by atoms with van der Waals surface area (Å²) in [5, 5.41) is 2.98. The maximum atomic E-state index is 12.3. The highest BCUT2D eigenvalue weighted by Gasteiger charge is 2.19. The average molecular weight is 308 g/mol. The first kappa shape index (κ1) is 15.2. The SMILES string of the molecule is Cc1ccc(CNC(=O)CC(c2ccco2)n2cccc2)cc1. The summed E-state index contributed by atoms with van der Waals surface area (Å²) in [6.07, 6.45) is 5.87. The van der Waals surface area contributed by atoms with Crippen LogP contribution in [0.3, 0.4) is 0 Å². The summed E-state index contributed by atoms with van der Waals surface area (Å²) in [6, 6.07) is 15.7. The fourth-order valence-electron chi connectivity index (χ4n) is 2.54. The molecule has 3 rings (SSSR count). The monoisotopic (exact) mass is 308 g/mol. The van der Waals surface area contributed by atoms with Crippen molar-refractivity contribution in [2.45, 2.75) is 25.9 Å². The molecule has 4 heteroatoms. The van der Waals surface area contributed by atoms with Crippen LogP contribution in [-0.4, -0.2) is 10.5 Å². The van der Waals surface area contributed by atoms with Crippen molar-refractivity contribution < 1.29 is 9.21 Å². The van der Waals surface area contributed by atoms with E-state index in [-0.39, 0.29) is 11.9 Å². The van der Waals surface area contributed by atoms with Gasteiger partial charge in [-0.25, -0.2) is 0 Å². The van der Waals surface area contributed by atoms with Gasteiger partial charge >= 0.3 is 0 Å². The third-order valence-electron chi connectivity index (χ3n) is 3.85. The van der Waals surface area contributed by atoms with E-state index in [2.05, 4.69) is 5.32 Å². The Balaban J connectivity index is 1.63. The molecule has 0 fully saturated rings. The van der Waals surface area contributed by atoms with Gasteiger partial charge in [0.2, 0.25) is 5.91 Å². The smallest absolute Gasteiger partial charge is 0.222 e. The predicted octanol–water partition coefficient (Wildman–Crippen LogP) is 3.69. The Hall–Kier alpha value is -2.75. The minimum absolute atomic E-state index is 0.000625. The lowest BCUT2D eigenvalue weighted by molar-refractivity contribution is -0.121. The number of furan rings is 1. The van der Waals surface area contributed by atoms with Gasteiger partial charge in [-0.3, -0.25) is 4.79 Å². The van der Waals surface area contributed by atoms with Crippen molar-refractivity contribution in [3.63, 3.8) is 0 Å². The van der Waals surface area contributed by atoms with Gasteiger partial charge in [0, 0.05) is 18.9 Å². The van der Waals surface area contributed by atoms with Crippen LogP contribution in [0.1, 0.15) is 29.3 Å². The second kappa shape index (κ2) is 7.01. The first-order chi connectivity index (χ1) is 11.2. The third-order valence-corrected chi connectivity index (χ3v) is 3.85. The van der Waals surface area contributed by atoms with E-state index in [9.17, 15) is 4.79 Å². The number of amides is 1. The van der Waals surface area contributed by atoms with Crippen molar-refractivity contribution in [2.24, 2.45) is 0 Å². The van der Waals surface area contributed by atoms with Crippen LogP contribution >= 0.6 is 0 Å². The van der Waals surface area contributed by atoms with Crippen molar-refractivity contribution >= 4 is 5.91 Å². The number of carbonyl (C=O) groups excluding carboxylic acids is 1. The average Bonchev–Trinajstić information content (AvgIpc) is 3.25. The van der Waals surface area contributed by atoms with E-state index in [1.165, 1.54) is 5.56 Å². The predicted molar refractivity (Wildman–Crippen MR) is 88.9 cm³/mol. The second-order valence-corrected chi connectivity index (χ2v) is 5.63. The number of rotatable bonds is 6. The zero-order chi connectivity index (χ0) is 16.1. The molecule has 0 bridgehead atoms. The van der Waals surface area contributed by atoms with E-state index in [1.54, 1.807) is 6.26 Å². The molecule has 1 amide bonds. The number of nitrogens with zero attached hydrogens (tertiary/aromatic N) is 1. The molecule has 0 spiro atoms. The molecule has 0 aliphatic rings. The van der Waals surface area contributed by atoms with Crippen molar-refractivity contribution in [1.82, 2.24) is 9.88 Å². The van der Waals surface area contributed by atoms with Crippen LogP contribution < -0.4 is 5.32 Å². The van der Waals surface area contributed by atoms with Gasteiger partial charge in [-0.15, -0.1) is 0 Å². The summed E-state index contributed by atoms with van der Waals surface area (Å²) in [7, 11) is 0. The summed E-state index contributed by atoms with van der Waals surface area (Å²) in [4.78, 5) is 12.3. The van der Waals surface area contributed by atoms with Gasteiger partial charge < -0.3 is 14.3 Å². The molecule has 3 aromatic rings. The Morgan fingerprint density at radius 2 is 1.87 bits per heavy atom. The minimum atomic E-state index is -0.127. The topological polar surface area (TPSA) is 47.2 Å². The Kier molecular flexibility index (Phi) is 4.62. The Labute approximate surface area is 135 Å². The fourth-order valence-corrected chi connectivity index (χ4v) is 2.54. The van der Waals surface area contributed by atoms with E-state index in [1.807, 2.05) is 72.4 Å². The lowest BCUT2D eigenvalue weighted by Gasteiger charge is -2.16. The molecular formula is C19H20N2O2. The van der Waals surface area contributed by atoms with Crippen LogP contribution in [0.25, 0.3) is 0 Å². The molecule has 0 aliphatic carbocycles. The molecule has 0 aliphatic heterocycles. The van der Waals surface area contributed by atoms with Gasteiger partial charge in [-0.1, -0.05) is 29.8 Å². The second-order valence-electron chi connectivity index (χ2n) is 5.63. The number of nitrogens with one attached hydrogen (secondary N) is 1. The normalized spacial score (nSPS) is 12.0. The molecule has 2 aromatic heterocycles. The van der Waals surface area contributed by atoms with Gasteiger partial charge in [-0.2, -0.15) is 0 Å². The number of benzene rings is 1. The van der Waals surface area contributed by atoms with Gasteiger partial charge in [0.15, 0.2) is 0 Å². The quantitative estimate of drug-likeness (QED) is 0.755. The van der Waals surface area contributed by atoms with Gasteiger partial charge in [0.1, 0.15) is 5.76 Å². The van der Waals surface area contributed by atoms with E-state index < -0.39 is 0 Å². The summed E-state index contributed by atoms with van der Waals surface area (Å²) in [5.41, 5.74) is 2.31. The minimum Gasteiger partial charge on any atom is -0.467 e.